The van der Waals surface area contributed by atoms with Crippen molar-refractivity contribution in [2.75, 3.05) is 5.73 Å². The molecule has 2 N–H and O–H groups in total. The normalized spacial score (nSPS) is 12.3. The quantitative estimate of drug-likeness (QED) is 0.395. The van der Waals surface area contributed by atoms with Gasteiger partial charge in [0.05, 0.1) is 22.1 Å². The number of benzene rings is 2. The number of rotatable bonds is 4. The van der Waals surface area contributed by atoms with Crippen LogP contribution in [0.15, 0.2) is 74.9 Å². The van der Waals surface area contributed by atoms with Gasteiger partial charge in [-0.05, 0) is 54.6 Å². The van der Waals surface area contributed by atoms with E-state index in [0.717, 1.165) is 10.4 Å². The summed E-state index contributed by atoms with van der Waals surface area (Å²) in [6, 6.07) is 16.4. The smallest absolute Gasteiger partial charge is 0.212 e. The van der Waals surface area contributed by atoms with Crippen molar-refractivity contribution in [2.24, 2.45) is 5.10 Å². The van der Waals surface area contributed by atoms with E-state index in [2.05, 4.69) is 15.1 Å². The number of nitrogen functional groups attached to an aromatic ring is 1. The van der Waals surface area contributed by atoms with Crippen LogP contribution in [-0.2, 0) is 9.84 Å². The van der Waals surface area contributed by atoms with Crippen molar-refractivity contribution in [1.82, 2.24) is 14.6 Å². The van der Waals surface area contributed by atoms with Crippen molar-refractivity contribution in [3.8, 4) is 0 Å². The number of hydrogen-bond acceptors (Lipinski definition) is 7. The second kappa shape index (κ2) is 7.54. The summed E-state index contributed by atoms with van der Waals surface area (Å²) >= 11 is 1.51. The summed E-state index contributed by atoms with van der Waals surface area (Å²) in [5.74, 6) is -0.0241. The highest BCUT2D eigenvalue weighted by Crippen LogP contribution is 2.36. The average Bonchev–Trinajstić information content (AvgIpc) is 3.38. The number of anilines is 1. The Labute approximate surface area is 188 Å². The topological polar surface area (TPSA) is 103 Å². The first-order valence-electron chi connectivity index (χ1n) is 9.83. The fourth-order valence-electron chi connectivity index (χ4n) is 3.59. The predicted octanol–water partition coefficient (Wildman–Crippen LogP) is 4.56. The van der Waals surface area contributed by atoms with E-state index in [1.807, 2.05) is 48.7 Å². The molecule has 0 radical (unpaired) electrons. The molecule has 0 bridgehead atoms. The van der Waals surface area contributed by atoms with Crippen LogP contribution in [0.2, 0.25) is 0 Å². The maximum Gasteiger partial charge on any atom is 0.212 e. The molecular weight excluding hydrogens is 442 g/mol. The lowest BCUT2D eigenvalue weighted by Gasteiger charge is -2.09. The minimum absolute atomic E-state index is 0.0241. The zero-order valence-electron chi connectivity index (χ0n) is 17.4. The van der Waals surface area contributed by atoms with Crippen LogP contribution in [0.25, 0.3) is 22.2 Å². The lowest BCUT2D eigenvalue weighted by Crippen LogP contribution is -2.08. The summed E-state index contributed by atoms with van der Waals surface area (Å²) in [7, 11) is -3.99. The first-order chi connectivity index (χ1) is 15.4. The van der Waals surface area contributed by atoms with Crippen LogP contribution in [0.3, 0.4) is 0 Å². The Morgan fingerprint density at radius 1 is 1.03 bits per heavy atom. The van der Waals surface area contributed by atoms with Crippen LogP contribution in [0.5, 0.6) is 0 Å². The Morgan fingerprint density at radius 2 is 1.78 bits per heavy atom. The highest BCUT2D eigenvalue weighted by molar-refractivity contribution is 7.92. The van der Waals surface area contributed by atoms with Crippen LogP contribution >= 0.6 is 11.3 Å². The number of sulfone groups is 1. The minimum atomic E-state index is -3.99. The van der Waals surface area contributed by atoms with Gasteiger partial charge in [0.2, 0.25) is 9.84 Å². The van der Waals surface area contributed by atoms with Crippen molar-refractivity contribution in [1.29, 1.82) is 0 Å². The SMILES string of the molecule is Cc1ccc(C)c(S(=O)(=O)c2c(N)n(/N=C/c3cccs3)c3nc4ccccc4nc23)c1. The van der Waals surface area contributed by atoms with E-state index in [-0.39, 0.29) is 26.8 Å². The third-order valence-electron chi connectivity index (χ3n) is 5.17. The number of nitrogens with zero attached hydrogens (tertiary/aromatic N) is 4. The predicted molar refractivity (Wildman–Crippen MR) is 128 cm³/mol. The monoisotopic (exact) mass is 461 g/mol. The number of hydrogen-bond donors (Lipinski definition) is 1. The molecular formula is C23H19N5O2S2. The molecule has 7 nitrogen and oxygen atoms in total. The summed E-state index contributed by atoms with van der Waals surface area (Å²) in [5, 5.41) is 6.39. The van der Waals surface area contributed by atoms with E-state index in [1.54, 1.807) is 31.3 Å². The van der Waals surface area contributed by atoms with Gasteiger partial charge in [0.15, 0.2) is 5.65 Å². The summed E-state index contributed by atoms with van der Waals surface area (Å²) < 4.78 is 29.0. The summed E-state index contributed by atoms with van der Waals surface area (Å²) in [6.45, 7) is 3.61. The maximum absolute atomic E-state index is 13.8. The molecule has 3 heterocycles. The molecule has 0 aliphatic carbocycles. The molecule has 0 fully saturated rings. The molecule has 0 amide bonds. The Hall–Kier alpha value is -3.56. The van der Waals surface area contributed by atoms with E-state index in [4.69, 9.17) is 5.73 Å². The highest BCUT2D eigenvalue weighted by atomic mass is 32.2. The third kappa shape index (κ3) is 3.26. The summed E-state index contributed by atoms with van der Waals surface area (Å²) in [5.41, 5.74) is 9.59. The van der Waals surface area contributed by atoms with Gasteiger partial charge in [-0.15, -0.1) is 11.3 Å². The fraction of sp³-hybridized carbons (Fsp3) is 0.0870. The van der Waals surface area contributed by atoms with Crippen molar-refractivity contribution >= 4 is 55.4 Å². The number of nitrogens with two attached hydrogens (primary N) is 1. The van der Waals surface area contributed by atoms with Gasteiger partial charge in [0.25, 0.3) is 0 Å². The Bertz CT molecular complexity index is 1620. The molecule has 0 unspecified atom stereocenters. The van der Waals surface area contributed by atoms with E-state index >= 15 is 0 Å². The molecule has 5 rings (SSSR count). The molecule has 0 saturated carbocycles. The first-order valence-corrected chi connectivity index (χ1v) is 12.2. The Morgan fingerprint density at radius 3 is 2.50 bits per heavy atom. The van der Waals surface area contributed by atoms with E-state index in [9.17, 15) is 8.42 Å². The number of aromatic nitrogens is 3. The standard InChI is InChI=1S/C23H19N5O2S2/c1-14-9-10-15(2)19(12-14)32(29,30)21-20-23(27-18-8-4-3-7-17(18)26-20)28(22(21)24)25-13-16-6-5-11-31-16/h3-13H,24H2,1-2H3/b25-13+. The second-order valence-electron chi connectivity index (χ2n) is 7.44. The van der Waals surface area contributed by atoms with Crippen molar-refractivity contribution in [2.45, 2.75) is 23.6 Å². The van der Waals surface area contributed by atoms with Gasteiger partial charge in [0.1, 0.15) is 16.2 Å². The molecule has 5 aromatic rings. The van der Waals surface area contributed by atoms with E-state index < -0.39 is 9.84 Å². The van der Waals surface area contributed by atoms with Crippen molar-refractivity contribution < 1.29 is 8.42 Å². The molecule has 160 valence electrons. The molecule has 32 heavy (non-hydrogen) atoms. The molecule has 0 atom stereocenters. The Balaban J connectivity index is 1.85. The number of thiophene rings is 1. The first kappa shape index (κ1) is 20.3. The third-order valence-corrected chi connectivity index (χ3v) is 7.94. The van der Waals surface area contributed by atoms with Gasteiger partial charge in [-0.2, -0.15) is 9.78 Å². The van der Waals surface area contributed by atoms with Crippen molar-refractivity contribution in [3.63, 3.8) is 0 Å². The fourth-order valence-corrected chi connectivity index (χ4v) is 5.98. The van der Waals surface area contributed by atoms with Crippen LogP contribution in [0.1, 0.15) is 16.0 Å². The molecule has 2 aromatic carbocycles. The molecule has 9 heteroatoms. The van der Waals surface area contributed by atoms with Crippen LogP contribution in [-0.4, -0.2) is 29.3 Å². The molecule has 0 saturated heterocycles. The van der Waals surface area contributed by atoms with Crippen LogP contribution in [0, 0.1) is 13.8 Å². The molecule has 3 aromatic heterocycles. The minimum Gasteiger partial charge on any atom is -0.382 e. The van der Waals surface area contributed by atoms with Crippen molar-refractivity contribution in [3.05, 3.63) is 76.0 Å². The van der Waals surface area contributed by atoms with Crippen LogP contribution in [0.4, 0.5) is 5.82 Å². The molecule has 0 aliphatic heterocycles. The lowest BCUT2D eigenvalue weighted by molar-refractivity contribution is 0.596. The van der Waals surface area contributed by atoms with Gasteiger partial charge in [-0.3, -0.25) is 0 Å². The summed E-state index contributed by atoms with van der Waals surface area (Å²) in [4.78, 5) is 10.3. The largest absolute Gasteiger partial charge is 0.382 e. The molecule has 0 spiro atoms. The van der Waals surface area contributed by atoms with E-state index in [0.29, 0.717) is 16.6 Å². The van der Waals surface area contributed by atoms with Gasteiger partial charge in [-0.1, -0.05) is 30.3 Å². The number of aryl methyl sites for hydroxylation is 2. The maximum atomic E-state index is 13.8. The second-order valence-corrected chi connectivity index (χ2v) is 10.3. The van der Waals surface area contributed by atoms with Gasteiger partial charge < -0.3 is 5.73 Å². The number of fused-ring (bicyclic) bond motifs is 2. The lowest BCUT2D eigenvalue weighted by atomic mass is 10.2. The highest BCUT2D eigenvalue weighted by Gasteiger charge is 2.31. The zero-order valence-corrected chi connectivity index (χ0v) is 19.0. The molecule has 0 aliphatic rings. The Kier molecular flexibility index (Phi) is 4.79. The average molecular weight is 462 g/mol. The van der Waals surface area contributed by atoms with Gasteiger partial charge in [0, 0.05) is 4.88 Å². The van der Waals surface area contributed by atoms with E-state index in [1.165, 1.54) is 16.0 Å². The van der Waals surface area contributed by atoms with Gasteiger partial charge >= 0.3 is 0 Å². The number of para-hydroxylation sites is 2. The van der Waals surface area contributed by atoms with Crippen LogP contribution < -0.4 is 5.73 Å². The summed E-state index contributed by atoms with van der Waals surface area (Å²) in [6.07, 6.45) is 1.63. The van der Waals surface area contributed by atoms with Gasteiger partial charge in [-0.25, -0.2) is 18.4 Å². The zero-order chi connectivity index (χ0) is 22.5.